The van der Waals surface area contributed by atoms with Gasteiger partial charge < -0.3 is 16.1 Å². The molecule has 0 amide bonds. The summed E-state index contributed by atoms with van der Waals surface area (Å²) in [6.45, 7) is 3.97. The molecule has 1 rings (SSSR count). The fraction of sp³-hybridized carbons (Fsp3) is 0.571. The Morgan fingerprint density at radius 3 is 2.86 bits per heavy atom. The second kappa shape index (κ2) is 4.85. The number of amidine groups is 1. The molecule has 0 spiro atoms. The third-order valence-corrected chi connectivity index (χ3v) is 2.26. The van der Waals surface area contributed by atoms with Gasteiger partial charge in [-0.2, -0.15) is 10.1 Å². The largest absolute Gasteiger partial charge is 0.377 e. The molecule has 0 radical (unpaired) electrons. The quantitative estimate of drug-likeness (QED) is 0.331. The molecule has 7 heteroatoms. The number of nitrogens with two attached hydrogens (primary N) is 2. The van der Waals surface area contributed by atoms with Crippen LogP contribution >= 0.6 is 11.8 Å². The molecular weight excluding hydrogens is 202 g/mol. The summed E-state index contributed by atoms with van der Waals surface area (Å²) in [4.78, 5) is 4.17. The zero-order valence-electron chi connectivity index (χ0n) is 8.10. The molecule has 0 fully saturated rings. The van der Waals surface area contributed by atoms with Gasteiger partial charge in [0, 0.05) is 5.92 Å². The number of thioether (sulfide) groups is 1. The Kier molecular flexibility index (Phi) is 3.75. The van der Waals surface area contributed by atoms with Crippen LogP contribution in [0.3, 0.4) is 0 Å². The molecule has 0 unspecified atom stereocenters. The van der Waals surface area contributed by atoms with E-state index in [1.807, 2.05) is 13.8 Å². The van der Waals surface area contributed by atoms with Crippen LogP contribution in [0.15, 0.2) is 9.62 Å². The summed E-state index contributed by atoms with van der Waals surface area (Å²) in [5, 5.41) is 7.41. The Morgan fingerprint density at radius 2 is 2.36 bits per heavy atom. The lowest BCUT2D eigenvalue weighted by Gasteiger charge is -1.94. The van der Waals surface area contributed by atoms with Gasteiger partial charge >= 0.3 is 0 Å². The van der Waals surface area contributed by atoms with E-state index in [9.17, 15) is 0 Å². The van der Waals surface area contributed by atoms with Crippen molar-refractivity contribution in [1.29, 1.82) is 0 Å². The van der Waals surface area contributed by atoms with Gasteiger partial charge in [0.25, 0.3) is 0 Å². The number of hydrazone groups is 1. The monoisotopic (exact) mass is 215 g/mol. The van der Waals surface area contributed by atoms with E-state index in [0.717, 1.165) is 0 Å². The molecule has 4 N–H and O–H groups in total. The van der Waals surface area contributed by atoms with Crippen molar-refractivity contribution in [2.45, 2.75) is 25.5 Å². The lowest BCUT2D eigenvalue weighted by atomic mass is 10.2. The van der Waals surface area contributed by atoms with Crippen molar-refractivity contribution < 1.29 is 4.52 Å². The van der Waals surface area contributed by atoms with Gasteiger partial charge in [0.05, 0.1) is 5.75 Å². The van der Waals surface area contributed by atoms with Crippen molar-refractivity contribution >= 4 is 16.9 Å². The fourth-order valence-electron chi connectivity index (χ4n) is 0.736. The maximum absolute atomic E-state index is 5.39. The maximum Gasteiger partial charge on any atom is 0.229 e. The molecule has 0 aromatic carbocycles. The van der Waals surface area contributed by atoms with Crippen LogP contribution in [-0.4, -0.2) is 15.3 Å². The molecule has 0 saturated heterocycles. The molecule has 1 aromatic heterocycles. The topological polar surface area (TPSA) is 103 Å². The summed E-state index contributed by atoms with van der Waals surface area (Å²) in [6.07, 6.45) is 0. The first-order valence-corrected chi connectivity index (χ1v) is 5.10. The average Bonchev–Trinajstić information content (AvgIpc) is 2.62. The smallest absolute Gasteiger partial charge is 0.229 e. The number of rotatable bonds is 3. The molecule has 0 bridgehead atoms. The lowest BCUT2D eigenvalue weighted by molar-refractivity contribution is 0.362. The summed E-state index contributed by atoms with van der Waals surface area (Å²) >= 11 is 1.27. The van der Waals surface area contributed by atoms with Crippen LogP contribution in [0, 0.1) is 0 Å². The summed E-state index contributed by atoms with van der Waals surface area (Å²) in [5.41, 5.74) is 5.39. The van der Waals surface area contributed by atoms with E-state index in [1.54, 1.807) is 0 Å². The van der Waals surface area contributed by atoms with Crippen LogP contribution in [0.1, 0.15) is 31.5 Å². The standard InChI is InChI=1S/C7H13N5OS/c1-4(2)6-10-5(12-13-6)3-14-7(8)11-9/h4H,3,9H2,1-2H3,(H2,8,11). The summed E-state index contributed by atoms with van der Waals surface area (Å²) in [5.74, 6) is 6.95. The number of hydrogen-bond donors (Lipinski definition) is 2. The van der Waals surface area contributed by atoms with Crippen LogP contribution in [0.2, 0.25) is 0 Å². The molecule has 1 heterocycles. The highest BCUT2D eigenvalue weighted by atomic mass is 32.2. The molecule has 0 aliphatic rings. The molecular formula is C7H13N5OS. The Labute approximate surface area is 86.1 Å². The number of nitrogens with zero attached hydrogens (tertiary/aromatic N) is 3. The van der Waals surface area contributed by atoms with Gasteiger partial charge in [0.1, 0.15) is 0 Å². The van der Waals surface area contributed by atoms with E-state index in [2.05, 4.69) is 15.2 Å². The van der Waals surface area contributed by atoms with Gasteiger partial charge in [-0.15, -0.1) is 0 Å². The highest BCUT2D eigenvalue weighted by Crippen LogP contribution is 2.14. The zero-order valence-corrected chi connectivity index (χ0v) is 8.91. The van der Waals surface area contributed by atoms with Crippen LogP contribution in [0.25, 0.3) is 0 Å². The summed E-state index contributed by atoms with van der Waals surface area (Å²) in [6, 6.07) is 0. The first-order chi connectivity index (χ1) is 6.63. The lowest BCUT2D eigenvalue weighted by Crippen LogP contribution is -2.09. The van der Waals surface area contributed by atoms with Crippen molar-refractivity contribution in [3.63, 3.8) is 0 Å². The first-order valence-electron chi connectivity index (χ1n) is 4.12. The summed E-state index contributed by atoms with van der Waals surface area (Å²) < 4.78 is 5.01. The molecule has 78 valence electrons. The molecule has 0 aliphatic heterocycles. The van der Waals surface area contributed by atoms with E-state index >= 15 is 0 Å². The zero-order chi connectivity index (χ0) is 10.6. The average molecular weight is 215 g/mol. The van der Waals surface area contributed by atoms with Gasteiger partial charge in [-0.3, -0.25) is 0 Å². The Bertz CT molecular complexity index is 322. The normalized spacial score (nSPS) is 12.4. The van der Waals surface area contributed by atoms with Crippen molar-refractivity contribution in [1.82, 2.24) is 10.1 Å². The predicted octanol–water partition coefficient (Wildman–Crippen LogP) is 0.615. The molecule has 0 atom stereocenters. The van der Waals surface area contributed by atoms with Gasteiger partial charge in [0.15, 0.2) is 11.0 Å². The van der Waals surface area contributed by atoms with Crippen molar-refractivity contribution in [2.24, 2.45) is 16.7 Å². The minimum absolute atomic E-state index is 0.238. The summed E-state index contributed by atoms with van der Waals surface area (Å²) in [7, 11) is 0. The fourth-order valence-corrected chi connectivity index (χ4v) is 1.21. The van der Waals surface area contributed by atoms with E-state index in [1.165, 1.54) is 11.8 Å². The highest BCUT2D eigenvalue weighted by molar-refractivity contribution is 8.13. The first kappa shape index (κ1) is 10.8. The molecule has 6 nitrogen and oxygen atoms in total. The second-order valence-electron chi connectivity index (χ2n) is 2.96. The third-order valence-electron chi connectivity index (χ3n) is 1.45. The predicted molar refractivity (Wildman–Crippen MR) is 55.5 cm³/mol. The molecule has 1 aromatic rings. The van der Waals surface area contributed by atoms with Gasteiger partial charge in [-0.1, -0.05) is 30.8 Å². The highest BCUT2D eigenvalue weighted by Gasteiger charge is 2.09. The van der Waals surface area contributed by atoms with Crippen LogP contribution < -0.4 is 11.6 Å². The minimum Gasteiger partial charge on any atom is -0.377 e. The number of aromatic nitrogens is 2. The Hall–Kier alpha value is -1.24. The SMILES string of the molecule is CC(C)c1nc(CSC(N)=NN)no1. The Balaban J connectivity index is 2.52. The minimum atomic E-state index is 0.238. The molecule has 14 heavy (non-hydrogen) atoms. The van der Waals surface area contributed by atoms with Crippen LogP contribution in [0.4, 0.5) is 0 Å². The van der Waals surface area contributed by atoms with Gasteiger partial charge in [-0.25, -0.2) is 0 Å². The van der Waals surface area contributed by atoms with Crippen LogP contribution in [-0.2, 0) is 5.75 Å². The van der Waals surface area contributed by atoms with E-state index in [4.69, 9.17) is 16.1 Å². The van der Waals surface area contributed by atoms with Crippen molar-refractivity contribution in [2.75, 3.05) is 0 Å². The van der Waals surface area contributed by atoms with E-state index in [0.29, 0.717) is 22.6 Å². The number of hydrogen-bond acceptors (Lipinski definition) is 6. The maximum atomic E-state index is 5.39. The third kappa shape index (κ3) is 2.91. The van der Waals surface area contributed by atoms with Gasteiger partial charge in [-0.05, 0) is 0 Å². The molecule has 0 saturated carbocycles. The Morgan fingerprint density at radius 1 is 1.64 bits per heavy atom. The van der Waals surface area contributed by atoms with Crippen molar-refractivity contribution in [3.05, 3.63) is 11.7 Å². The van der Waals surface area contributed by atoms with Crippen molar-refractivity contribution in [3.8, 4) is 0 Å². The second-order valence-corrected chi connectivity index (χ2v) is 3.96. The molecule has 0 aliphatic carbocycles. The van der Waals surface area contributed by atoms with E-state index in [-0.39, 0.29) is 5.92 Å². The van der Waals surface area contributed by atoms with Gasteiger partial charge in [0.2, 0.25) is 5.89 Å². The van der Waals surface area contributed by atoms with E-state index < -0.39 is 0 Å². The van der Waals surface area contributed by atoms with Crippen LogP contribution in [0.5, 0.6) is 0 Å².